The summed E-state index contributed by atoms with van der Waals surface area (Å²) in [6, 6.07) is 23.3. The van der Waals surface area contributed by atoms with E-state index in [1.165, 1.54) is 19.3 Å². The molecule has 0 saturated heterocycles. The van der Waals surface area contributed by atoms with E-state index in [4.69, 9.17) is 4.98 Å². The Morgan fingerprint density at radius 2 is 1.59 bits per heavy atom. The summed E-state index contributed by atoms with van der Waals surface area (Å²) < 4.78 is 2.29. The van der Waals surface area contributed by atoms with Gasteiger partial charge in [0.05, 0.1) is 16.6 Å². The van der Waals surface area contributed by atoms with Gasteiger partial charge in [-0.25, -0.2) is 9.78 Å². The Morgan fingerprint density at radius 3 is 2.26 bits per heavy atom. The van der Waals surface area contributed by atoms with Crippen molar-refractivity contribution >= 4 is 22.9 Å². The highest BCUT2D eigenvalue weighted by atomic mass is 16.4. The number of carboxylic acid groups (broad SMARTS) is 1. The number of carbonyl (C=O) groups excluding carboxylic acids is 1. The fourth-order valence-corrected chi connectivity index (χ4v) is 5.47. The lowest BCUT2D eigenvalue weighted by Crippen LogP contribution is -2.36. The maximum atomic E-state index is 13.6. The molecule has 1 saturated carbocycles. The molecular formula is C32H36N4O3. The van der Waals surface area contributed by atoms with E-state index in [0.717, 1.165) is 41.9 Å². The van der Waals surface area contributed by atoms with Crippen molar-refractivity contribution in [2.24, 2.45) is 0 Å². The minimum Gasteiger partial charge on any atom is -0.478 e. The van der Waals surface area contributed by atoms with Gasteiger partial charge in [0.1, 0.15) is 5.82 Å². The molecule has 0 spiro atoms. The molecule has 3 aromatic carbocycles. The molecule has 1 amide bonds. The number of benzene rings is 3. The quantitative estimate of drug-likeness (QED) is 0.286. The summed E-state index contributed by atoms with van der Waals surface area (Å²) in [4.78, 5) is 34.1. The van der Waals surface area contributed by atoms with Crippen molar-refractivity contribution in [2.45, 2.75) is 44.7 Å². The summed E-state index contributed by atoms with van der Waals surface area (Å²) in [5, 5.41) is 9.50. The summed E-state index contributed by atoms with van der Waals surface area (Å²) in [5.41, 5.74) is 4.55. The Kier molecular flexibility index (Phi) is 8.07. The molecule has 1 N–H and O–H groups in total. The summed E-state index contributed by atoms with van der Waals surface area (Å²) in [6.45, 7) is 1.96. The number of rotatable bonds is 9. The molecule has 1 aromatic heterocycles. The summed E-state index contributed by atoms with van der Waals surface area (Å²) in [6.07, 6.45) is 5.75. The van der Waals surface area contributed by atoms with Crippen LogP contribution in [0.15, 0.2) is 72.8 Å². The molecule has 39 heavy (non-hydrogen) atoms. The van der Waals surface area contributed by atoms with E-state index in [1.54, 1.807) is 12.1 Å². The van der Waals surface area contributed by atoms with Gasteiger partial charge in [-0.05, 0) is 62.8 Å². The SMILES string of the molecule is CN(C)CCN(Cc1ccccc1)C(=O)c1ccc(-c2nc3cc(C(=O)O)ccc3n2C2CCCCC2)cc1. The minimum absolute atomic E-state index is 0.000800. The second-order valence-electron chi connectivity index (χ2n) is 10.7. The van der Waals surface area contributed by atoms with E-state index >= 15 is 0 Å². The standard InChI is InChI=1S/C32H36N4O3/c1-34(2)19-20-35(22-23-9-5-3-6-10-23)31(37)25-15-13-24(14-16-25)30-33-28-21-26(32(38)39)17-18-29(28)36(30)27-11-7-4-8-12-27/h3,5-6,9-10,13-18,21,27H,4,7-8,11-12,19-20,22H2,1-2H3,(H,38,39). The van der Waals surface area contributed by atoms with Gasteiger partial charge in [-0.2, -0.15) is 0 Å². The van der Waals surface area contributed by atoms with Crippen molar-refractivity contribution in [3.05, 3.63) is 89.5 Å². The number of aromatic nitrogens is 2. The number of fused-ring (bicyclic) bond motifs is 1. The van der Waals surface area contributed by atoms with Gasteiger partial charge in [-0.15, -0.1) is 0 Å². The average molecular weight is 525 g/mol. The topological polar surface area (TPSA) is 78.7 Å². The molecule has 7 heteroatoms. The first-order chi connectivity index (χ1) is 18.9. The number of hydrogen-bond acceptors (Lipinski definition) is 4. The van der Waals surface area contributed by atoms with Gasteiger partial charge in [0.25, 0.3) is 5.91 Å². The Hall–Kier alpha value is -3.97. The third kappa shape index (κ3) is 6.04. The first kappa shape index (κ1) is 26.6. The smallest absolute Gasteiger partial charge is 0.335 e. The fraction of sp³-hybridized carbons (Fsp3) is 0.344. The zero-order valence-corrected chi connectivity index (χ0v) is 22.7. The molecule has 0 atom stereocenters. The van der Waals surface area contributed by atoms with Crippen LogP contribution in [0.2, 0.25) is 0 Å². The second kappa shape index (κ2) is 11.8. The number of aromatic carboxylic acids is 1. The minimum atomic E-state index is -0.956. The van der Waals surface area contributed by atoms with E-state index in [1.807, 2.05) is 79.7 Å². The van der Waals surface area contributed by atoms with Gasteiger partial charge in [0.2, 0.25) is 0 Å². The van der Waals surface area contributed by atoms with Crippen LogP contribution in [-0.4, -0.2) is 63.5 Å². The molecule has 0 aliphatic heterocycles. The normalized spacial score (nSPS) is 14.1. The van der Waals surface area contributed by atoms with Gasteiger partial charge >= 0.3 is 5.97 Å². The first-order valence-electron chi connectivity index (χ1n) is 13.7. The molecule has 0 radical (unpaired) electrons. The Labute approximate surface area is 229 Å². The Bertz CT molecular complexity index is 1440. The number of carbonyl (C=O) groups is 2. The lowest BCUT2D eigenvalue weighted by Gasteiger charge is -2.26. The highest BCUT2D eigenvalue weighted by Crippen LogP contribution is 2.36. The summed E-state index contributed by atoms with van der Waals surface area (Å²) in [7, 11) is 4.02. The van der Waals surface area contributed by atoms with Crippen LogP contribution >= 0.6 is 0 Å². The lowest BCUT2D eigenvalue weighted by atomic mass is 9.94. The van der Waals surface area contributed by atoms with Crippen LogP contribution in [0.3, 0.4) is 0 Å². The number of amides is 1. The molecular weight excluding hydrogens is 488 g/mol. The number of likely N-dealkylation sites (N-methyl/N-ethyl adjacent to an activating group) is 1. The Morgan fingerprint density at radius 1 is 0.897 bits per heavy atom. The summed E-state index contributed by atoms with van der Waals surface area (Å²) >= 11 is 0. The predicted molar refractivity (Wildman–Crippen MR) is 154 cm³/mol. The maximum Gasteiger partial charge on any atom is 0.335 e. The third-order valence-electron chi connectivity index (χ3n) is 7.59. The van der Waals surface area contributed by atoms with Gasteiger partial charge in [-0.3, -0.25) is 4.79 Å². The Balaban J connectivity index is 1.47. The van der Waals surface area contributed by atoms with Crippen molar-refractivity contribution in [2.75, 3.05) is 27.2 Å². The largest absolute Gasteiger partial charge is 0.478 e. The molecule has 202 valence electrons. The van der Waals surface area contributed by atoms with Crippen LogP contribution < -0.4 is 0 Å². The number of carboxylic acids is 1. The van der Waals surface area contributed by atoms with Crippen LogP contribution in [0.5, 0.6) is 0 Å². The van der Waals surface area contributed by atoms with Crippen molar-refractivity contribution in [1.82, 2.24) is 19.4 Å². The molecule has 0 unspecified atom stereocenters. The van der Waals surface area contributed by atoms with E-state index in [2.05, 4.69) is 9.47 Å². The van der Waals surface area contributed by atoms with Crippen LogP contribution in [0.4, 0.5) is 0 Å². The fourth-order valence-electron chi connectivity index (χ4n) is 5.47. The third-order valence-corrected chi connectivity index (χ3v) is 7.59. The van der Waals surface area contributed by atoms with Crippen molar-refractivity contribution in [3.8, 4) is 11.4 Å². The molecule has 5 rings (SSSR count). The van der Waals surface area contributed by atoms with Crippen LogP contribution in [0.1, 0.15) is 64.4 Å². The van der Waals surface area contributed by atoms with Crippen LogP contribution in [0, 0.1) is 0 Å². The summed E-state index contributed by atoms with van der Waals surface area (Å²) in [5.74, 6) is -0.130. The molecule has 1 aliphatic carbocycles. The van der Waals surface area contributed by atoms with Crippen LogP contribution in [-0.2, 0) is 6.54 Å². The number of imidazole rings is 1. The van der Waals surface area contributed by atoms with Gasteiger partial charge < -0.3 is 19.5 Å². The molecule has 1 fully saturated rings. The molecule has 0 bridgehead atoms. The number of nitrogens with zero attached hydrogens (tertiary/aromatic N) is 4. The highest BCUT2D eigenvalue weighted by molar-refractivity contribution is 5.95. The van der Waals surface area contributed by atoms with E-state index < -0.39 is 5.97 Å². The predicted octanol–water partition coefficient (Wildman–Crippen LogP) is 6.11. The van der Waals surface area contributed by atoms with Crippen molar-refractivity contribution in [3.63, 3.8) is 0 Å². The van der Waals surface area contributed by atoms with E-state index in [9.17, 15) is 14.7 Å². The molecule has 7 nitrogen and oxygen atoms in total. The van der Waals surface area contributed by atoms with E-state index in [0.29, 0.717) is 30.2 Å². The van der Waals surface area contributed by atoms with E-state index in [-0.39, 0.29) is 11.5 Å². The van der Waals surface area contributed by atoms with Gasteiger partial charge in [0, 0.05) is 36.8 Å². The zero-order valence-electron chi connectivity index (χ0n) is 22.7. The first-order valence-corrected chi connectivity index (χ1v) is 13.7. The molecule has 4 aromatic rings. The highest BCUT2D eigenvalue weighted by Gasteiger charge is 2.24. The van der Waals surface area contributed by atoms with Crippen LogP contribution in [0.25, 0.3) is 22.4 Å². The molecule has 1 heterocycles. The van der Waals surface area contributed by atoms with Gasteiger partial charge in [-0.1, -0.05) is 61.7 Å². The maximum absolute atomic E-state index is 13.6. The van der Waals surface area contributed by atoms with Gasteiger partial charge in [0.15, 0.2) is 0 Å². The zero-order chi connectivity index (χ0) is 27.4. The van der Waals surface area contributed by atoms with Crippen molar-refractivity contribution < 1.29 is 14.7 Å². The number of hydrogen-bond donors (Lipinski definition) is 1. The average Bonchev–Trinajstić information content (AvgIpc) is 3.35. The molecule has 1 aliphatic rings. The lowest BCUT2D eigenvalue weighted by molar-refractivity contribution is 0.0695. The monoisotopic (exact) mass is 524 g/mol. The second-order valence-corrected chi connectivity index (χ2v) is 10.7. The van der Waals surface area contributed by atoms with Crippen molar-refractivity contribution in [1.29, 1.82) is 0 Å².